The van der Waals surface area contributed by atoms with E-state index < -0.39 is 12.6 Å². The maximum Gasteiger partial charge on any atom is 0.387 e. The van der Waals surface area contributed by atoms with E-state index >= 15 is 0 Å². The molecule has 0 saturated heterocycles. The van der Waals surface area contributed by atoms with Gasteiger partial charge in [0.2, 0.25) is 0 Å². The molecule has 170 valence electrons. The van der Waals surface area contributed by atoms with Crippen molar-refractivity contribution >= 4 is 28.8 Å². The van der Waals surface area contributed by atoms with E-state index in [1.807, 2.05) is 36.4 Å². The zero-order chi connectivity index (χ0) is 23.2. The van der Waals surface area contributed by atoms with Gasteiger partial charge in [-0.15, -0.1) is 0 Å². The van der Waals surface area contributed by atoms with Crippen LogP contribution in [0.25, 0.3) is 11.0 Å². The molecule has 0 N–H and O–H groups in total. The highest BCUT2D eigenvalue weighted by Gasteiger charge is 2.16. The molecule has 0 fully saturated rings. The zero-order valence-electron chi connectivity index (χ0n) is 17.9. The van der Waals surface area contributed by atoms with Crippen molar-refractivity contribution in [2.75, 3.05) is 6.61 Å². The molecule has 1 heterocycles. The minimum absolute atomic E-state index is 0.148. The number of para-hydroxylation sites is 1. The third kappa shape index (κ3) is 5.51. The normalized spacial score (nSPS) is 11.2. The van der Waals surface area contributed by atoms with Gasteiger partial charge in [-0.05, 0) is 36.8 Å². The zero-order valence-corrected chi connectivity index (χ0v) is 18.7. The lowest BCUT2D eigenvalue weighted by Crippen LogP contribution is -2.05. The minimum Gasteiger partial charge on any atom is -0.462 e. The number of rotatable bonds is 9. The smallest absolute Gasteiger partial charge is 0.387 e. The van der Waals surface area contributed by atoms with Crippen molar-refractivity contribution in [2.24, 2.45) is 0 Å². The first kappa shape index (κ1) is 22.8. The molecule has 4 aromatic rings. The van der Waals surface area contributed by atoms with E-state index in [0.717, 1.165) is 11.1 Å². The molecule has 1 aromatic heterocycles. The molecule has 33 heavy (non-hydrogen) atoms. The molecule has 0 atom stereocenters. The molecule has 0 spiro atoms. The highest BCUT2D eigenvalue weighted by molar-refractivity contribution is 7.98. The molecule has 0 amide bonds. The highest BCUT2D eigenvalue weighted by Crippen LogP contribution is 2.31. The van der Waals surface area contributed by atoms with Gasteiger partial charge >= 0.3 is 12.6 Å². The first-order valence-corrected chi connectivity index (χ1v) is 11.4. The molecule has 0 aliphatic heterocycles. The Hall–Kier alpha value is -3.39. The monoisotopic (exact) mass is 468 g/mol. The van der Waals surface area contributed by atoms with Crippen molar-refractivity contribution in [3.8, 4) is 5.75 Å². The lowest BCUT2D eigenvalue weighted by Gasteiger charge is -2.12. The maximum absolute atomic E-state index is 12.8. The number of esters is 1. The van der Waals surface area contributed by atoms with Crippen LogP contribution in [0.2, 0.25) is 0 Å². The van der Waals surface area contributed by atoms with E-state index in [9.17, 15) is 13.6 Å². The number of carbonyl (C=O) groups excluding carboxylic acids is 1. The topological polar surface area (TPSA) is 53.4 Å². The predicted molar refractivity (Wildman–Crippen MR) is 124 cm³/mol. The van der Waals surface area contributed by atoms with Gasteiger partial charge in [0.05, 0.1) is 29.7 Å². The third-order valence-electron chi connectivity index (χ3n) is 4.95. The molecule has 0 unspecified atom stereocenters. The lowest BCUT2D eigenvalue weighted by molar-refractivity contribution is -0.0503. The fraction of sp³-hybridized carbons (Fsp3) is 0.200. The van der Waals surface area contributed by atoms with Gasteiger partial charge in [-0.3, -0.25) is 0 Å². The van der Waals surface area contributed by atoms with Gasteiger partial charge in [-0.2, -0.15) is 8.78 Å². The Bertz CT molecular complexity index is 1250. The average molecular weight is 469 g/mol. The molecule has 0 bridgehead atoms. The highest BCUT2D eigenvalue weighted by atomic mass is 32.2. The van der Waals surface area contributed by atoms with Gasteiger partial charge in [0.1, 0.15) is 5.75 Å². The second-order valence-corrected chi connectivity index (χ2v) is 8.11. The largest absolute Gasteiger partial charge is 0.462 e. The first-order chi connectivity index (χ1) is 16.0. The summed E-state index contributed by atoms with van der Waals surface area (Å²) in [5.41, 5.74) is 3.70. The number of carbonyl (C=O) groups is 1. The molecule has 0 aliphatic rings. The number of thioether (sulfide) groups is 1. The van der Waals surface area contributed by atoms with E-state index in [1.54, 1.807) is 37.3 Å². The lowest BCUT2D eigenvalue weighted by atomic mass is 10.2. The number of hydrogen-bond acceptors (Lipinski definition) is 5. The van der Waals surface area contributed by atoms with Gasteiger partial charge in [-0.25, -0.2) is 9.78 Å². The Kier molecular flexibility index (Phi) is 7.24. The Labute approximate surface area is 194 Å². The summed E-state index contributed by atoms with van der Waals surface area (Å²) in [4.78, 5) is 16.9. The Balaban J connectivity index is 1.68. The van der Waals surface area contributed by atoms with E-state index in [1.165, 1.54) is 17.8 Å². The van der Waals surface area contributed by atoms with Crippen molar-refractivity contribution in [3.05, 3.63) is 89.5 Å². The number of nitrogens with zero attached hydrogens (tertiary/aromatic N) is 2. The van der Waals surface area contributed by atoms with Crippen LogP contribution in [0, 0.1) is 0 Å². The fourth-order valence-corrected chi connectivity index (χ4v) is 4.46. The molecule has 3 aromatic carbocycles. The SMILES string of the molecule is CCOC(=O)c1ccc2c(c1)nc(SCc1ccccc1OC(F)F)n2Cc1ccccc1. The molecule has 0 aliphatic carbocycles. The Morgan fingerprint density at radius 3 is 2.58 bits per heavy atom. The van der Waals surface area contributed by atoms with Crippen LogP contribution in [0.1, 0.15) is 28.4 Å². The van der Waals surface area contributed by atoms with Gasteiger partial charge in [0.25, 0.3) is 0 Å². The fourth-order valence-electron chi connectivity index (χ4n) is 3.45. The van der Waals surface area contributed by atoms with Crippen LogP contribution in [0.5, 0.6) is 5.75 Å². The molecule has 5 nitrogen and oxygen atoms in total. The number of halogens is 2. The van der Waals surface area contributed by atoms with Crippen LogP contribution in [0.15, 0.2) is 78.0 Å². The van der Waals surface area contributed by atoms with E-state index in [0.29, 0.717) is 40.7 Å². The summed E-state index contributed by atoms with van der Waals surface area (Å²) in [7, 11) is 0. The average Bonchev–Trinajstić information content (AvgIpc) is 3.15. The summed E-state index contributed by atoms with van der Waals surface area (Å²) >= 11 is 1.42. The number of fused-ring (bicyclic) bond motifs is 1. The molecule has 0 saturated carbocycles. The summed E-state index contributed by atoms with van der Waals surface area (Å²) in [5, 5.41) is 0.710. The quantitative estimate of drug-likeness (QED) is 0.218. The minimum atomic E-state index is -2.89. The van der Waals surface area contributed by atoms with Gasteiger partial charge in [0.15, 0.2) is 5.16 Å². The summed E-state index contributed by atoms with van der Waals surface area (Å²) in [5.74, 6) is 0.144. The van der Waals surface area contributed by atoms with Gasteiger partial charge < -0.3 is 14.0 Å². The van der Waals surface area contributed by atoms with E-state index in [2.05, 4.69) is 9.30 Å². The van der Waals surface area contributed by atoms with Crippen LogP contribution >= 0.6 is 11.8 Å². The van der Waals surface area contributed by atoms with Crippen molar-refractivity contribution in [1.82, 2.24) is 9.55 Å². The number of aromatic nitrogens is 2. The van der Waals surface area contributed by atoms with Crippen molar-refractivity contribution < 1.29 is 23.0 Å². The Morgan fingerprint density at radius 1 is 1.06 bits per heavy atom. The predicted octanol–water partition coefficient (Wildman–Crippen LogP) is 6.16. The molecule has 4 rings (SSSR count). The number of hydrogen-bond donors (Lipinski definition) is 0. The van der Waals surface area contributed by atoms with Crippen molar-refractivity contribution in [2.45, 2.75) is 31.0 Å². The number of alkyl halides is 2. The summed E-state index contributed by atoms with van der Waals surface area (Å²) in [6.07, 6.45) is 0. The Morgan fingerprint density at radius 2 is 1.82 bits per heavy atom. The second kappa shape index (κ2) is 10.5. The van der Waals surface area contributed by atoms with Crippen LogP contribution < -0.4 is 4.74 Å². The van der Waals surface area contributed by atoms with Gasteiger partial charge in [0, 0.05) is 11.3 Å². The summed E-state index contributed by atoms with van der Waals surface area (Å²) < 4.78 is 37.4. The molecular formula is C25H22F2N2O3S. The van der Waals surface area contributed by atoms with Gasteiger partial charge in [-0.1, -0.05) is 60.3 Å². The number of imidazole rings is 1. The van der Waals surface area contributed by atoms with Crippen molar-refractivity contribution in [3.63, 3.8) is 0 Å². The summed E-state index contributed by atoms with van der Waals surface area (Å²) in [6, 6.07) is 22.0. The molecular weight excluding hydrogens is 446 g/mol. The summed E-state index contributed by atoms with van der Waals surface area (Å²) in [6.45, 7) is -0.260. The van der Waals surface area contributed by atoms with E-state index in [-0.39, 0.29) is 5.75 Å². The van der Waals surface area contributed by atoms with Crippen LogP contribution in [0.4, 0.5) is 8.78 Å². The third-order valence-corrected chi connectivity index (χ3v) is 5.98. The molecule has 0 radical (unpaired) electrons. The first-order valence-electron chi connectivity index (χ1n) is 10.4. The molecule has 8 heteroatoms. The van der Waals surface area contributed by atoms with Crippen LogP contribution in [0.3, 0.4) is 0 Å². The standard InChI is InChI=1S/C25H22F2N2O3S/c1-2-31-23(30)18-12-13-21-20(14-18)28-25(29(21)15-17-8-4-3-5-9-17)33-16-19-10-6-7-11-22(19)32-24(26)27/h3-14,24H,2,15-16H2,1H3. The number of benzene rings is 3. The number of ether oxygens (including phenoxy) is 2. The van der Waals surface area contributed by atoms with E-state index in [4.69, 9.17) is 9.72 Å². The second-order valence-electron chi connectivity index (χ2n) is 7.16. The van der Waals surface area contributed by atoms with Crippen molar-refractivity contribution in [1.29, 1.82) is 0 Å². The maximum atomic E-state index is 12.8. The van der Waals surface area contributed by atoms with Crippen LogP contribution in [-0.4, -0.2) is 28.7 Å². The van der Waals surface area contributed by atoms with Crippen LogP contribution in [-0.2, 0) is 17.0 Å².